The minimum Gasteiger partial charge on any atom is -0.456 e. The van der Waals surface area contributed by atoms with E-state index in [0.717, 1.165) is 11.4 Å². The van der Waals surface area contributed by atoms with Crippen LogP contribution in [-0.2, 0) is 65.7 Å². The van der Waals surface area contributed by atoms with Crippen LogP contribution in [0, 0.1) is 11.8 Å². The summed E-state index contributed by atoms with van der Waals surface area (Å²) in [6.07, 6.45) is 6.42. The van der Waals surface area contributed by atoms with Crippen LogP contribution in [-0.4, -0.2) is 120 Å². The molecule has 4 N–H and O–H groups in total. The van der Waals surface area contributed by atoms with Crippen molar-refractivity contribution in [2.24, 2.45) is 21.8 Å². The summed E-state index contributed by atoms with van der Waals surface area (Å²) in [4.78, 5) is 119. The minimum atomic E-state index is -1.04. The molecule has 0 fully saturated rings. The Morgan fingerprint density at radius 1 is 0.667 bits per heavy atom. The summed E-state index contributed by atoms with van der Waals surface area (Å²) >= 11 is 7.40. The number of hydrogen-bond acceptors (Lipinski definition) is 19. The van der Waals surface area contributed by atoms with Gasteiger partial charge in [-0.25, -0.2) is 19.6 Å². The highest BCUT2D eigenvalue weighted by atomic mass is 32.2. The van der Waals surface area contributed by atoms with Crippen LogP contribution in [0.4, 0.5) is 0 Å². The van der Waals surface area contributed by atoms with E-state index in [4.69, 9.17) is 9.47 Å². The van der Waals surface area contributed by atoms with Gasteiger partial charge in [0.1, 0.15) is 78.4 Å². The van der Waals surface area contributed by atoms with E-state index in [2.05, 4.69) is 127 Å². The first-order valence-electron chi connectivity index (χ1n) is 29.7. The molecule has 4 aliphatic rings. The van der Waals surface area contributed by atoms with E-state index in [9.17, 15) is 38.4 Å². The zero-order valence-corrected chi connectivity index (χ0v) is 55.8. The maximum atomic E-state index is 13.2. The van der Waals surface area contributed by atoms with E-state index in [1.165, 1.54) is 69.0 Å². The van der Waals surface area contributed by atoms with E-state index < -0.39 is 52.1 Å². The number of nitrogens with one attached hydrogen (secondary N) is 4. The fourth-order valence-electron chi connectivity index (χ4n) is 9.47. The number of benzene rings is 3. The van der Waals surface area contributed by atoms with Gasteiger partial charge >= 0.3 is 11.9 Å². The smallest absolute Gasteiger partial charge is 0.329 e. The Morgan fingerprint density at radius 2 is 1.10 bits per heavy atom. The average Bonchev–Trinajstić information content (AvgIpc) is 1.24. The topological polar surface area (TPSA) is 254 Å². The molecule has 0 aliphatic carbocycles. The molecule has 4 amide bonds. The molecule has 4 aliphatic heterocycles. The molecule has 5 aromatic rings. The zero-order valence-electron chi connectivity index (χ0n) is 51.7. The van der Waals surface area contributed by atoms with Gasteiger partial charge in [0.15, 0.2) is 0 Å². The summed E-state index contributed by atoms with van der Waals surface area (Å²) in [5.74, 6) is -1.37. The Balaban J connectivity index is 0.000000193. The fraction of sp³-hybridized carbons (Fsp3) is 0.403. The van der Waals surface area contributed by atoms with Crippen LogP contribution >= 0.6 is 58.0 Å². The van der Waals surface area contributed by atoms with Crippen LogP contribution in [0.25, 0.3) is 0 Å². The molecule has 6 atom stereocenters. The van der Waals surface area contributed by atoms with Gasteiger partial charge in [0.2, 0.25) is 23.6 Å². The van der Waals surface area contributed by atoms with E-state index in [-0.39, 0.29) is 79.4 Å². The molecule has 18 nitrogen and oxygen atoms in total. The van der Waals surface area contributed by atoms with Gasteiger partial charge in [0.05, 0.1) is 36.4 Å². The summed E-state index contributed by atoms with van der Waals surface area (Å²) in [6.45, 7) is 20.4. The molecule has 0 saturated carbocycles. The number of cyclic esters (lactones) is 2. The molecule has 3 aromatic carbocycles. The van der Waals surface area contributed by atoms with E-state index in [0.29, 0.717) is 56.6 Å². The van der Waals surface area contributed by atoms with E-state index in [1.54, 1.807) is 64.6 Å². The number of nitrogens with zero attached hydrogens (tertiary/aromatic N) is 4. The Kier molecular flexibility index (Phi) is 25.8. The van der Waals surface area contributed by atoms with E-state index in [1.807, 2.05) is 42.8 Å². The second-order valence-electron chi connectivity index (χ2n) is 22.7. The summed E-state index contributed by atoms with van der Waals surface area (Å²) in [6, 6.07) is 29.6. The van der Waals surface area contributed by atoms with Gasteiger partial charge < -0.3 is 30.7 Å². The quantitative estimate of drug-likeness (QED) is 0.0407. The molecule has 23 heteroatoms. The van der Waals surface area contributed by atoms with Crippen LogP contribution in [0.1, 0.15) is 125 Å². The SMILES string of the molecule is C=CCCC(=O)CSC(c1ccccc1)(c1ccccc1)c1ccccc1.C=C[C@@H]1CC(=O)NCc2nc(cs2)C2=N[C@@](C)(CS2)C(=O)N[C@@H](C(C)C)C(=O)O1.CCC(=O)C/C=C/[C@@H]1CC(=O)NCc2nc(cs2)C2=N[C@@](C)(CS2)C(=O)N[C@@H](C(C)C)C(=O)O1. The lowest BCUT2D eigenvalue weighted by Crippen LogP contribution is -2.53. The monoisotopic (exact) mass is 1310 g/mol. The number of rotatable bonds is 16. The Hall–Kier alpha value is -7.31. The molecule has 9 rings (SSSR count). The highest BCUT2D eigenvalue weighted by molar-refractivity contribution is 8.15. The van der Waals surface area contributed by atoms with Crippen molar-refractivity contribution in [3.8, 4) is 0 Å². The number of aliphatic imine (C=N–C) groups is 2. The molecule has 0 saturated heterocycles. The van der Waals surface area contributed by atoms with Crippen molar-refractivity contribution in [2.75, 3.05) is 17.3 Å². The third-order valence-electron chi connectivity index (χ3n) is 14.8. The third-order valence-corrected chi connectivity index (χ3v) is 20.6. The van der Waals surface area contributed by atoms with Gasteiger partial charge in [0.25, 0.3) is 0 Å². The number of thioether (sulfide) groups is 3. The van der Waals surface area contributed by atoms with Crippen molar-refractivity contribution >= 4 is 115 Å². The number of ketones is 2. The summed E-state index contributed by atoms with van der Waals surface area (Å²) in [5.41, 5.74) is 2.88. The molecule has 90 heavy (non-hydrogen) atoms. The maximum Gasteiger partial charge on any atom is 0.329 e. The van der Waals surface area contributed by atoms with Crippen molar-refractivity contribution < 1.29 is 47.8 Å². The number of allylic oxidation sites excluding steroid dienone is 2. The minimum absolute atomic E-state index is 0.0368. The lowest BCUT2D eigenvalue weighted by molar-refractivity contribution is -0.154. The van der Waals surface area contributed by atoms with Crippen LogP contribution in [0.15, 0.2) is 149 Å². The van der Waals surface area contributed by atoms with Gasteiger partial charge in [0, 0.05) is 41.5 Å². The van der Waals surface area contributed by atoms with Crippen LogP contribution in [0.2, 0.25) is 0 Å². The van der Waals surface area contributed by atoms with Gasteiger partial charge in [-0.1, -0.05) is 150 Å². The second kappa shape index (κ2) is 33.1. The normalized spacial score (nSPS) is 22.4. The molecule has 0 radical (unpaired) electrons. The largest absolute Gasteiger partial charge is 0.456 e. The van der Waals surface area contributed by atoms with Gasteiger partial charge in [-0.05, 0) is 54.9 Å². The number of aromatic nitrogens is 2. The number of fused-ring (bicyclic) bond motifs is 8. The number of thiazole rings is 2. The highest BCUT2D eigenvalue weighted by Gasteiger charge is 2.44. The average molecular weight is 1320 g/mol. The molecule has 6 heterocycles. The number of Topliss-reactive ketones (excluding diaryl/α,β-unsaturated/α-hetero) is 2. The summed E-state index contributed by atoms with van der Waals surface area (Å²) < 4.78 is 10.7. The highest BCUT2D eigenvalue weighted by Crippen LogP contribution is 2.48. The Morgan fingerprint density at radius 3 is 1.51 bits per heavy atom. The number of hydrogen-bond donors (Lipinski definition) is 4. The first-order chi connectivity index (χ1) is 43.1. The molecule has 2 aromatic heterocycles. The standard InChI is InChI=1S/C25H24OS.C23H30N4O5S2.C19H24N4O4S2/c1-2-3-19-24(26)20-27-25(21-13-7-4-8-14-21,22-15-9-5-10-16-22)23-17-11-6-12-18-23;1-5-14(28)7-6-8-15-9-17(29)24-10-18-25-16(11-33-18)20-27-23(4,12-34-20)22(31)26-19(13(2)3)21(30)32-15;1-5-11-6-13(24)20-7-14-21-12(8-28-14)16-23-19(4,9-29-16)18(26)22-15(10(2)3)17(25)27-11/h2,4-18H,1,3,19-20H2;6,8,11,13,15,19H,5,7,9-10,12H2,1-4H3,(H,24,29)(H,26,31);5,8,10-11,15H,1,6-7,9H2,2-4H3,(H,20,24)(H,22,26)/b;8-6+;/t;15-,19+,23+;11-,15+,19+/m.11/s1. The zero-order chi connectivity index (χ0) is 65.0. The predicted molar refractivity (Wildman–Crippen MR) is 361 cm³/mol. The first kappa shape index (κ1) is 70.2. The van der Waals surface area contributed by atoms with Gasteiger partial charge in [-0.2, -0.15) is 0 Å². The molecule has 0 unspecified atom stereocenters. The summed E-state index contributed by atoms with van der Waals surface area (Å²) in [5, 5.41) is 17.7. The maximum absolute atomic E-state index is 13.2. The fourth-order valence-corrected chi connectivity index (χ4v) is 14.8. The molecule has 0 spiro atoms. The molecular formula is C67H78N8O10S5. The number of ether oxygens (including phenoxy) is 2. The van der Waals surface area contributed by atoms with Gasteiger partial charge in [-0.15, -0.1) is 64.5 Å². The molecule has 8 bridgehead atoms. The van der Waals surface area contributed by atoms with Crippen molar-refractivity contribution in [1.29, 1.82) is 0 Å². The van der Waals surface area contributed by atoms with Crippen molar-refractivity contribution in [2.45, 2.75) is 140 Å². The number of esters is 2. The lowest BCUT2D eigenvalue weighted by Gasteiger charge is -2.35. The second-order valence-corrected chi connectivity index (χ2v) is 27.7. The van der Waals surface area contributed by atoms with Crippen LogP contribution < -0.4 is 21.3 Å². The van der Waals surface area contributed by atoms with Crippen molar-refractivity contribution in [3.05, 3.63) is 177 Å². The van der Waals surface area contributed by atoms with Crippen molar-refractivity contribution in [1.82, 2.24) is 31.2 Å². The number of carbonyl (C=O) groups excluding carboxylic acids is 8. The molecule has 476 valence electrons. The van der Waals surface area contributed by atoms with Gasteiger partial charge in [-0.3, -0.25) is 38.8 Å². The number of amides is 4. The van der Waals surface area contributed by atoms with Crippen molar-refractivity contribution in [3.63, 3.8) is 0 Å². The Labute approximate surface area is 547 Å². The lowest BCUT2D eigenvalue weighted by atomic mass is 9.84. The summed E-state index contributed by atoms with van der Waals surface area (Å²) in [7, 11) is 0. The third kappa shape index (κ3) is 18.9. The number of carbonyl (C=O) groups is 8. The Bertz CT molecular complexity index is 3370. The predicted octanol–water partition coefficient (Wildman–Crippen LogP) is 10.3. The van der Waals surface area contributed by atoms with E-state index >= 15 is 0 Å². The van der Waals surface area contributed by atoms with Crippen LogP contribution in [0.5, 0.6) is 0 Å². The first-order valence-corrected chi connectivity index (χ1v) is 34.5. The van der Waals surface area contributed by atoms with Crippen LogP contribution in [0.3, 0.4) is 0 Å². The molecular weight excluding hydrogens is 1240 g/mol.